The number of aliphatic hydroxyl groups is 1. The molecule has 0 bridgehead atoms. The maximum atomic E-state index is 13.1. The summed E-state index contributed by atoms with van der Waals surface area (Å²) >= 11 is 0. The van der Waals surface area contributed by atoms with Crippen molar-refractivity contribution in [2.45, 2.75) is 19.0 Å². The van der Waals surface area contributed by atoms with Gasteiger partial charge in [0.15, 0.2) is 0 Å². The third kappa shape index (κ3) is 3.41. The van der Waals surface area contributed by atoms with Crippen molar-refractivity contribution in [1.82, 2.24) is 0 Å². The first-order chi connectivity index (χ1) is 10.1. The highest BCUT2D eigenvalue weighted by atomic mass is 19.4. The van der Waals surface area contributed by atoms with Crippen LogP contribution in [0.25, 0.3) is 11.1 Å². The average molecular weight is 320 g/mol. The first-order valence-corrected chi connectivity index (χ1v) is 6.11. The molecule has 0 atom stereocenters. The van der Waals surface area contributed by atoms with Crippen LogP contribution in [0.1, 0.15) is 16.7 Å². The predicted octanol–water partition coefficient (Wildman–Crippen LogP) is 4.88. The van der Waals surface area contributed by atoms with Crippen molar-refractivity contribution in [1.29, 1.82) is 0 Å². The van der Waals surface area contributed by atoms with Gasteiger partial charge in [-0.3, -0.25) is 0 Å². The Kier molecular flexibility index (Phi) is 4.19. The largest absolute Gasteiger partial charge is 0.417 e. The lowest BCUT2D eigenvalue weighted by Gasteiger charge is -2.15. The molecule has 7 heteroatoms. The second-order valence-electron chi connectivity index (χ2n) is 4.61. The van der Waals surface area contributed by atoms with Crippen molar-refractivity contribution < 1.29 is 31.4 Å². The summed E-state index contributed by atoms with van der Waals surface area (Å²) < 4.78 is 77.3. The Balaban J connectivity index is 2.62. The molecule has 0 amide bonds. The smallest absolute Gasteiger partial charge is 0.392 e. The fourth-order valence-electron chi connectivity index (χ4n) is 2.04. The summed E-state index contributed by atoms with van der Waals surface area (Å²) in [6.45, 7) is -0.591. The molecule has 2 aromatic carbocycles. The minimum absolute atomic E-state index is 0.0306. The third-order valence-corrected chi connectivity index (χ3v) is 3.07. The maximum Gasteiger partial charge on any atom is 0.417 e. The van der Waals surface area contributed by atoms with Crippen molar-refractivity contribution in [3.63, 3.8) is 0 Å². The van der Waals surface area contributed by atoms with Gasteiger partial charge in [-0.15, -0.1) is 0 Å². The fraction of sp³-hybridized carbons (Fsp3) is 0.200. The van der Waals surface area contributed by atoms with Crippen LogP contribution in [0, 0.1) is 0 Å². The van der Waals surface area contributed by atoms with Crippen molar-refractivity contribution >= 4 is 0 Å². The minimum atomic E-state index is -4.74. The summed E-state index contributed by atoms with van der Waals surface area (Å²) in [7, 11) is 0. The molecular weight excluding hydrogens is 310 g/mol. The zero-order chi connectivity index (χ0) is 16.5. The number of halogens is 6. The Morgan fingerprint density at radius 1 is 0.818 bits per heavy atom. The molecule has 0 aromatic heterocycles. The Morgan fingerprint density at radius 2 is 1.50 bits per heavy atom. The topological polar surface area (TPSA) is 20.2 Å². The van der Waals surface area contributed by atoms with Gasteiger partial charge in [-0.25, -0.2) is 0 Å². The van der Waals surface area contributed by atoms with Crippen LogP contribution in [0.5, 0.6) is 0 Å². The lowest BCUT2D eigenvalue weighted by molar-refractivity contribution is -0.137. The fourth-order valence-corrected chi connectivity index (χ4v) is 2.04. The summed E-state index contributed by atoms with van der Waals surface area (Å²) in [4.78, 5) is 0. The summed E-state index contributed by atoms with van der Waals surface area (Å²) in [6.07, 6.45) is -9.38. The van der Waals surface area contributed by atoms with E-state index >= 15 is 0 Å². The van der Waals surface area contributed by atoms with Crippen molar-refractivity contribution in [3.05, 3.63) is 59.2 Å². The SMILES string of the molecule is OCc1ccc(-c2cccc(C(F)(F)F)c2)c(C(F)(F)F)c1. The van der Waals surface area contributed by atoms with Gasteiger partial charge in [0.05, 0.1) is 17.7 Å². The molecule has 2 aromatic rings. The molecule has 0 aliphatic rings. The molecular formula is C15H10F6O. The number of alkyl halides is 6. The lowest BCUT2D eigenvalue weighted by atomic mass is 9.96. The molecule has 0 aliphatic carbocycles. The van der Waals surface area contributed by atoms with Crippen molar-refractivity contribution in [3.8, 4) is 11.1 Å². The van der Waals surface area contributed by atoms with E-state index in [1.54, 1.807) is 0 Å². The van der Waals surface area contributed by atoms with Crippen LogP contribution >= 0.6 is 0 Å². The van der Waals surface area contributed by atoms with Crippen molar-refractivity contribution in [2.24, 2.45) is 0 Å². The predicted molar refractivity (Wildman–Crippen MR) is 67.8 cm³/mol. The van der Waals surface area contributed by atoms with E-state index in [-0.39, 0.29) is 16.7 Å². The summed E-state index contributed by atoms with van der Waals surface area (Å²) in [6, 6.07) is 6.73. The first kappa shape index (κ1) is 16.4. The van der Waals surface area contributed by atoms with Crippen LogP contribution in [0.2, 0.25) is 0 Å². The van der Waals surface area contributed by atoms with Crippen LogP contribution in [0.4, 0.5) is 26.3 Å². The van der Waals surface area contributed by atoms with Gasteiger partial charge in [-0.2, -0.15) is 26.3 Å². The molecule has 0 unspecified atom stereocenters. The van der Waals surface area contributed by atoms with E-state index in [4.69, 9.17) is 5.11 Å². The molecule has 0 saturated heterocycles. The van der Waals surface area contributed by atoms with Gasteiger partial charge in [0.25, 0.3) is 0 Å². The lowest BCUT2D eigenvalue weighted by Crippen LogP contribution is -2.09. The number of hydrogen-bond acceptors (Lipinski definition) is 1. The van der Waals surface area contributed by atoms with Crippen LogP contribution < -0.4 is 0 Å². The Labute approximate surface area is 121 Å². The van der Waals surface area contributed by atoms with E-state index in [2.05, 4.69) is 0 Å². The van der Waals surface area contributed by atoms with Gasteiger partial charge < -0.3 is 5.11 Å². The normalized spacial score (nSPS) is 12.5. The summed E-state index contributed by atoms with van der Waals surface area (Å²) in [5.74, 6) is 0. The molecule has 118 valence electrons. The summed E-state index contributed by atoms with van der Waals surface area (Å²) in [5, 5.41) is 8.92. The molecule has 0 saturated carbocycles. The second-order valence-corrected chi connectivity index (χ2v) is 4.61. The quantitative estimate of drug-likeness (QED) is 0.782. The molecule has 1 nitrogen and oxygen atoms in total. The molecule has 1 N–H and O–H groups in total. The average Bonchev–Trinajstić information content (AvgIpc) is 2.45. The standard InChI is InChI=1S/C15H10F6O/c16-14(17,18)11-3-1-2-10(7-11)12-5-4-9(8-22)6-13(12)15(19,20)21/h1-7,22H,8H2. The van der Waals surface area contributed by atoms with E-state index in [0.29, 0.717) is 6.07 Å². The second kappa shape index (κ2) is 5.64. The van der Waals surface area contributed by atoms with Gasteiger partial charge in [0, 0.05) is 0 Å². The van der Waals surface area contributed by atoms with Gasteiger partial charge in [-0.05, 0) is 34.9 Å². The molecule has 0 aliphatic heterocycles. The Hall–Kier alpha value is -2.02. The van der Waals surface area contributed by atoms with Crippen molar-refractivity contribution in [2.75, 3.05) is 0 Å². The number of rotatable bonds is 2. The van der Waals surface area contributed by atoms with Gasteiger partial charge in [-0.1, -0.05) is 24.3 Å². The zero-order valence-electron chi connectivity index (χ0n) is 11.0. The van der Waals surface area contributed by atoms with E-state index < -0.39 is 30.1 Å². The van der Waals surface area contributed by atoms with E-state index in [1.807, 2.05) is 0 Å². The molecule has 0 heterocycles. The number of benzene rings is 2. The van der Waals surface area contributed by atoms with Gasteiger partial charge in [0.2, 0.25) is 0 Å². The molecule has 0 radical (unpaired) electrons. The zero-order valence-corrected chi connectivity index (χ0v) is 11.0. The monoisotopic (exact) mass is 320 g/mol. The van der Waals surface area contributed by atoms with Crippen LogP contribution in [0.15, 0.2) is 42.5 Å². The highest BCUT2D eigenvalue weighted by Crippen LogP contribution is 2.39. The van der Waals surface area contributed by atoms with Crippen LogP contribution in [0.3, 0.4) is 0 Å². The van der Waals surface area contributed by atoms with Gasteiger partial charge >= 0.3 is 12.4 Å². The van der Waals surface area contributed by atoms with Crippen LogP contribution in [-0.4, -0.2) is 5.11 Å². The molecule has 0 spiro atoms. The van der Waals surface area contributed by atoms with Crippen LogP contribution in [-0.2, 0) is 19.0 Å². The first-order valence-electron chi connectivity index (χ1n) is 6.11. The Bertz CT molecular complexity index is 672. The third-order valence-electron chi connectivity index (χ3n) is 3.07. The molecule has 2 rings (SSSR count). The van der Waals surface area contributed by atoms with E-state index in [0.717, 1.165) is 24.3 Å². The number of hydrogen-bond donors (Lipinski definition) is 1. The number of aliphatic hydroxyl groups excluding tert-OH is 1. The maximum absolute atomic E-state index is 13.1. The van der Waals surface area contributed by atoms with Gasteiger partial charge in [0.1, 0.15) is 0 Å². The van der Waals surface area contributed by atoms with E-state index in [9.17, 15) is 26.3 Å². The Morgan fingerprint density at radius 3 is 2.05 bits per heavy atom. The minimum Gasteiger partial charge on any atom is -0.392 e. The highest BCUT2D eigenvalue weighted by Gasteiger charge is 2.35. The van der Waals surface area contributed by atoms with E-state index in [1.165, 1.54) is 12.1 Å². The summed E-state index contributed by atoms with van der Waals surface area (Å²) in [5.41, 5.74) is -2.63. The molecule has 0 fully saturated rings. The molecule has 22 heavy (non-hydrogen) atoms. The highest BCUT2D eigenvalue weighted by molar-refractivity contribution is 5.69.